The lowest BCUT2D eigenvalue weighted by atomic mass is 10.2. The monoisotopic (exact) mass is 320 g/mol. The van der Waals surface area contributed by atoms with Gasteiger partial charge in [-0.2, -0.15) is 10.4 Å². The molecule has 1 amide bonds. The number of halogens is 2. The maximum absolute atomic E-state index is 13.0. The summed E-state index contributed by atoms with van der Waals surface area (Å²) in [5, 5.41) is 15.3. The Labute approximate surface area is 132 Å². The Balaban J connectivity index is 1.95. The lowest BCUT2D eigenvalue weighted by Gasteiger charge is -2.04. The lowest BCUT2D eigenvalue weighted by molar-refractivity contribution is 0.102. The fourth-order valence-corrected chi connectivity index (χ4v) is 2.15. The van der Waals surface area contributed by atoms with Crippen LogP contribution in [0.15, 0.2) is 30.6 Å². The van der Waals surface area contributed by atoms with Crippen molar-refractivity contribution in [1.82, 2.24) is 9.78 Å². The van der Waals surface area contributed by atoms with E-state index in [2.05, 4.69) is 16.5 Å². The third-order valence-corrected chi connectivity index (χ3v) is 3.31. The predicted octanol–water partition coefficient (Wildman–Crippen LogP) is 3.62. The first-order chi connectivity index (χ1) is 10.6. The van der Waals surface area contributed by atoms with Crippen LogP contribution < -0.4 is 5.32 Å². The van der Waals surface area contributed by atoms with Gasteiger partial charge in [0.1, 0.15) is 5.82 Å². The molecular formula is C15H14ClFN4O. The quantitative estimate of drug-likeness (QED) is 0.826. The molecule has 2 aromatic rings. The molecule has 0 radical (unpaired) electrons. The first-order valence-electron chi connectivity index (χ1n) is 6.76. The first kappa shape index (κ1) is 16.0. The minimum absolute atomic E-state index is 0.0568. The van der Waals surface area contributed by atoms with Crippen LogP contribution in [0.3, 0.4) is 0 Å². The van der Waals surface area contributed by atoms with E-state index in [0.29, 0.717) is 18.7 Å². The fourth-order valence-electron chi connectivity index (χ4n) is 1.90. The van der Waals surface area contributed by atoms with E-state index in [1.807, 2.05) is 0 Å². The SMILES string of the molecule is N#CCCCCn1cc(NC(=O)c2ccc(F)cc2Cl)cn1. The number of aryl methyl sites for hydroxylation is 1. The van der Waals surface area contributed by atoms with Gasteiger partial charge in [0.05, 0.1) is 28.5 Å². The summed E-state index contributed by atoms with van der Waals surface area (Å²) < 4.78 is 14.7. The zero-order chi connectivity index (χ0) is 15.9. The number of amides is 1. The van der Waals surface area contributed by atoms with Crippen molar-refractivity contribution in [3.8, 4) is 6.07 Å². The van der Waals surface area contributed by atoms with E-state index in [1.165, 1.54) is 18.3 Å². The molecule has 0 spiro atoms. The maximum atomic E-state index is 13.0. The van der Waals surface area contributed by atoms with Crippen LogP contribution in [0.1, 0.15) is 29.6 Å². The molecule has 1 aromatic heterocycles. The molecule has 1 aromatic carbocycles. The van der Waals surface area contributed by atoms with Gasteiger partial charge >= 0.3 is 0 Å². The van der Waals surface area contributed by atoms with Crippen LogP contribution in [0.4, 0.5) is 10.1 Å². The Morgan fingerprint density at radius 3 is 3.00 bits per heavy atom. The van der Waals surface area contributed by atoms with Gasteiger partial charge in [0.2, 0.25) is 0 Å². The van der Waals surface area contributed by atoms with Crippen molar-refractivity contribution in [2.24, 2.45) is 0 Å². The van der Waals surface area contributed by atoms with Crippen LogP contribution in [0, 0.1) is 17.1 Å². The molecule has 0 bridgehead atoms. The van der Waals surface area contributed by atoms with Gasteiger partial charge in [-0.05, 0) is 31.0 Å². The third-order valence-electron chi connectivity index (χ3n) is 2.99. The van der Waals surface area contributed by atoms with Gasteiger partial charge in [0.25, 0.3) is 5.91 Å². The van der Waals surface area contributed by atoms with Gasteiger partial charge in [-0.25, -0.2) is 4.39 Å². The largest absolute Gasteiger partial charge is 0.319 e. The van der Waals surface area contributed by atoms with Gasteiger partial charge in [-0.15, -0.1) is 0 Å². The van der Waals surface area contributed by atoms with E-state index in [4.69, 9.17) is 16.9 Å². The lowest BCUT2D eigenvalue weighted by Crippen LogP contribution is -2.12. The molecule has 0 unspecified atom stereocenters. The Hall–Kier alpha value is -2.39. The molecule has 1 N–H and O–H groups in total. The number of hydrogen-bond donors (Lipinski definition) is 1. The van der Waals surface area contributed by atoms with E-state index in [9.17, 15) is 9.18 Å². The topological polar surface area (TPSA) is 70.7 Å². The van der Waals surface area contributed by atoms with Gasteiger partial charge in [0.15, 0.2) is 0 Å². The smallest absolute Gasteiger partial charge is 0.257 e. The first-order valence-corrected chi connectivity index (χ1v) is 7.14. The number of carbonyl (C=O) groups is 1. The van der Waals surface area contributed by atoms with Crippen molar-refractivity contribution in [1.29, 1.82) is 5.26 Å². The summed E-state index contributed by atoms with van der Waals surface area (Å²) >= 11 is 5.85. The average Bonchev–Trinajstić information content (AvgIpc) is 2.91. The van der Waals surface area contributed by atoms with Gasteiger partial charge in [-0.3, -0.25) is 9.48 Å². The summed E-state index contributed by atoms with van der Waals surface area (Å²) in [7, 11) is 0. The van der Waals surface area contributed by atoms with Gasteiger partial charge < -0.3 is 5.32 Å². The zero-order valence-corrected chi connectivity index (χ0v) is 12.5. The second kappa shape index (κ2) is 7.57. The summed E-state index contributed by atoms with van der Waals surface area (Å²) in [4.78, 5) is 12.1. The number of nitrogens with one attached hydrogen (secondary N) is 1. The van der Waals surface area contributed by atoms with Crippen LogP contribution in [0.2, 0.25) is 5.02 Å². The minimum Gasteiger partial charge on any atom is -0.319 e. The molecule has 0 saturated carbocycles. The average molecular weight is 321 g/mol. The molecule has 0 atom stereocenters. The summed E-state index contributed by atoms with van der Waals surface area (Å²) in [5.74, 6) is -0.916. The number of anilines is 1. The highest BCUT2D eigenvalue weighted by molar-refractivity contribution is 6.34. The molecule has 0 aliphatic rings. The van der Waals surface area contributed by atoms with E-state index < -0.39 is 11.7 Å². The summed E-state index contributed by atoms with van der Waals surface area (Å²) in [6, 6.07) is 5.69. The number of nitriles is 1. The van der Waals surface area contributed by atoms with E-state index in [1.54, 1.807) is 10.9 Å². The second-order valence-electron chi connectivity index (χ2n) is 4.69. The van der Waals surface area contributed by atoms with E-state index in [-0.39, 0.29) is 10.6 Å². The van der Waals surface area contributed by atoms with E-state index in [0.717, 1.165) is 18.9 Å². The molecule has 22 heavy (non-hydrogen) atoms. The number of nitrogens with zero attached hydrogens (tertiary/aromatic N) is 3. The summed E-state index contributed by atoms with van der Waals surface area (Å²) in [5.41, 5.74) is 0.732. The number of rotatable bonds is 6. The zero-order valence-electron chi connectivity index (χ0n) is 11.7. The van der Waals surface area contributed by atoms with Crippen molar-refractivity contribution in [2.75, 3.05) is 5.32 Å². The second-order valence-corrected chi connectivity index (χ2v) is 5.09. The number of hydrogen-bond acceptors (Lipinski definition) is 3. The van der Waals surface area contributed by atoms with Crippen LogP contribution in [0.25, 0.3) is 0 Å². The Morgan fingerprint density at radius 2 is 2.27 bits per heavy atom. The summed E-state index contributed by atoms with van der Waals surface area (Å²) in [6.07, 6.45) is 5.39. The van der Waals surface area contributed by atoms with Crippen molar-refractivity contribution in [3.63, 3.8) is 0 Å². The van der Waals surface area contributed by atoms with Crippen LogP contribution >= 0.6 is 11.6 Å². The normalized spacial score (nSPS) is 10.2. The molecule has 0 aliphatic heterocycles. The molecule has 2 rings (SSSR count). The standard InChI is InChI=1S/C15H14ClFN4O/c16-14-8-11(17)4-5-13(14)15(22)20-12-9-19-21(10-12)7-3-1-2-6-18/h4-5,8-10H,1-3,7H2,(H,20,22). The molecule has 5 nitrogen and oxygen atoms in total. The van der Waals surface area contributed by atoms with Crippen LogP contribution in [0.5, 0.6) is 0 Å². The number of carbonyl (C=O) groups excluding carboxylic acids is 1. The van der Waals surface area contributed by atoms with Crippen molar-refractivity contribution in [2.45, 2.75) is 25.8 Å². The van der Waals surface area contributed by atoms with Crippen molar-refractivity contribution >= 4 is 23.2 Å². The Bertz CT molecular complexity index is 708. The van der Waals surface area contributed by atoms with Gasteiger partial charge in [0, 0.05) is 19.2 Å². The van der Waals surface area contributed by atoms with Crippen molar-refractivity contribution in [3.05, 3.63) is 47.0 Å². The van der Waals surface area contributed by atoms with E-state index >= 15 is 0 Å². The molecular weight excluding hydrogens is 307 g/mol. The summed E-state index contributed by atoms with van der Waals surface area (Å²) in [6.45, 7) is 0.675. The number of aromatic nitrogens is 2. The van der Waals surface area contributed by atoms with Crippen LogP contribution in [-0.4, -0.2) is 15.7 Å². The van der Waals surface area contributed by atoms with Crippen LogP contribution in [-0.2, 0) is 6.54 Å². The third kappa shape index (κ3) is 4.30. The van der Waals surface area contributed by atoms with Crippen molar-refractivity contribution < 1.29 is 9.18 Å². The molecule has 0 fully saturated rings. The Morgan fingerprint density at radius 1 is 1.45 bits per heavy atom. The molecule has 114 valence electrons. The molecule has 7 heteroatoms. The number of unbranched alkanes of at least 4 members (excludes halogenated alkanes) is 2. The molecule has 1 heterocycles. The predicted molar refractivity (Wildman–Crippen MR) is 81.1 cm³/mol. The molecule has 0 saturated heterocycles. The fraction of sp³-hybridized carbons (Fsp3) is 0.267. The molecule has 0 aliphatic carbocycles. The maximum Gasteiger partial charge on any atom is 0.257 e. The highest BCUT2D eigenvalue weighted by atomic mass is 35.5. The Kier molecular flexibility index (Phi) is 5.50. The highest BCUT2D eigenvalue weighted by Gasteiger charge is 2.12. The van der Waals surface area contributed by atoms with Gasteiger partial charge in [-0.1, -0.05) is 11.6 Å². The number of benzene rings is 1. The minimum atomic E-state index is -0.494. The highest BCUT2D eigenvalue weighted by Crippen LogP contribution is 2.19.